The number of aromatic nitrogens is 1. The van der Waals surface area contributed by atoms with Crippen molar-refractivity contribution in [2.75, 3.05) is 13.1 Å². The molecule has 1 saturated heterocycles. The van der Waals surface area contributed by atoms with Crippen LogP contribution in [0, 0.1) is 10.1 Å². The van der Waals surface area contributed by atoms with Crippen LogP contribution in [0.2, 0.25) is 0 Å². The van der Waals surface area contributed by atoms with Gasteiger partial charge in [0, 0.05) is 19.2 Å². The van der Waals surface area contributed by atoms with E-state index in [4.69, 9.17) is 10.8 Å². The number of carboxylic acid groups (broad SMARTS) is 1. The van der Waals surface area contributed by atoms with Gasteiger partial charge in [0.1, 0.15) is 11.2 Å². The summed E-state index contributed by atoms with van der Waals surface area (Å²) in [5.41, 5.74) is 4.02. The highest BCUT2D eigenvalue weighted by Gasteiger charge is 2.43. The molecule has 102 valence electrons. The van der Waals surface area contributed by atoms with Gasteiger partial charge in [0.15, 0.2) is 0 Å². The van der Waals surface area contributed by atoms with Crippen LogP contribution in [0.5, 0.6) is 0 Å². The van der Waals surface area contributed by atoms with Crippen LogP contribution in [0.1, 0.15) is 16.9 Å². The number of aliphatic carboxylic acids is 1. The Hall–Kier alpha value is -2.42. The number of nitrogens with one attached hydrogen (secondary N) is 1. The van der Waals surface area contributed by atoms with Crippen LogP contribution in [-0.4, -0.2) is 50.4 Å². The first-order valence-electron chi connectivity index (χ1n) is 5.48. The van der Waals surface area contributed by atoms with Crippen LogP contribution in [0.25, 0.3) is 0 Å². The standard InChI is InChI=1S/C10H12N4O5/c11-10(9(16)17)1-2-13(5-10)8(15)7-3-6(4-12-7)14(18)19/h3-4,12H,1-2,5,11H2,(H,16,17). The Kier molecular flexibility index (Phi) is 2.98. The predicted molar refractivity (Wildman–Crippen MR) is 62.5 cm³/mol. The van der Waals surface area contributed by atoms with Gasteiger partial charge in [-0.15, -0.1) is 0 Å². The molecule has 0 bridgehead atoms. The van der Waals surface area contributed by atoms with Gasteiger partial charge in [0.2, 0.25) is 0 Å². The zero-order valence-electron chi connectivity index (χ0n) is 9.83. The van der Waals surface area contributed by atoms with Crippen molar-refractivity contribution in [1.29, 1.82) is 0 Å². The number of carbonyl (C=O) groups is 2. The van der Waals surface area contributed by atoms with E-state index in [-0.39, 0.29) is 30.9 Å². The summed E-state index contributed by atoms with van der Waals surface area (Å²) < 4.78 is 0. The number of nitrogens with two attached hydrogens (primary N) is 1. The van der Waals surface area contributed by atoms with Crippen molar-refractivity contribution < 1.29 is 19.6 Å². The number of hydrogen-bond donors (Lipinski definition) is 3. The normalized spacial score (nSPS) is 22.5. The van der Waals surface area contributed by atoms with E-state index in [1.165, 1.54) is 4.90 Å². The Morgan fingerprint density at radius 3 is 2.74 bits per heavy atom. The number of nitro groups is 1. The summed E-state index contributed by atoms with van der Waals surface area (Å²) in [7, 11) is 0. The molecule has 1 unspecified atom stereocenters. The molecule has 19 heavy (non-hydrogen) atoms. The SMILES string of the molecule is NC1(C(=O)O)CCN(C(=O)c2cc([N+](=O)[O-])c[nH]2)C1. The van der Waals surface area contributed by atoms with E-state index in [9.17, 15) is 19.7 Å². The molecule has 0 radical (unpaired) electrons. The van der Waals surface area contributed by atoms with Crippen LogP contribution in [0.15, 0.2) is 12.3 Å². The van der Waals surface area contributed by atoms with Gasteiger partial charge in [-0.05, 0) is 6.42 Å². The average Bonchev–Trinajstić information content (AvgIpc) is 2.95. The summed E-state index contributed by atoms with van der Waals surface area (Å²) in [6, 6.07) is 1.11. The highest BCUT2D eigenvalue weighted by atomic mass is 16.6. The Labute approximate surface area is 107 Å². The van der Waals surface area contributed by atoms with Crippen molar-refractivity contribution in [2.24, 2.45) is 5.73 Å². The molecule has 9 nitrogen and oxygen atoms in total. The lowest BCUT2D eigenvalue weighted by molar-refractivity contribution is -0.384. The van der Waals surface area contributed by atoms with Gasteiger partial charge in [0.05, 0.1) is 11.1 Å². The number of rotatable bonds is 3. The number of hydrogen-bond acceptors (Lipinski definition) is 5. The quantitative estimate of drug-likeness (QED) is 0.500. The van der Waals surface area contributed by atoms with Crippen molar-refractivity contribution in [3.05, 3.63) is 28.1 Å². The minimum Gasteiger partial charge on any atom is -0.480 e. The van der Waals surface area contributed by atoms with E-state index in [2.05, 4.69) is 4.98 Å². The highest BCUT2D eigenvalue weighted by Crippen LogP contribution is 2.22. The van der Waals surface area contributed by atoms with Gasteiger partial charge in [-0.2, -0.15) is 0 Å². The number of aromatic amines is 1. The third-order valence-electron chi connectivity index (χ3n) is 3.12. The summed E-state index contributed by atoms with van der Waals surface area (Å²) in [5, 5.41) is 19.5. The maximum absolute atomic E-state index is 12.0. The molecule has 1 aromatic heterocycles. The van der Waals surface area contributed by atoms with Crippen molar-refractivity contribution in [2.45, 2.75) is 12.0 Å². The molecule has 0 aliphatic carbocycles. The molecular formula is C10H12N4O5. The lowest BCUT2D eigenvalue weighted by Crippen LogP contribution is -2.50. The third-order valence-corrected chi connectivity index (χ3v) is 3.12. The Morgan fingerprint density at radius 1 is 1.58 bits per heavy atom. The van der Waals surface area contributed by atoms with Crippen molar-refractivity contribution in [3.63, 3.8) is 0 Å². The van der Waals surface area contributed by atoms with E-state index in [0.29, 0.717) is 0 Å². The van der Waals surface area contributed by atoms with E-state index in [1.807, 2.05) is 0 Å². The zero-order valence-corrected chi connectivity index (χ0v) is 9.83. The topological polar surface area (TPSA) is 143 Å². The largest absolute Gasteiger partial charge is 0.480 e. The molecule has 4 N–H and O–H groups in total. The molecule has 1 aliphatic heterocycles. The van der Waals surface area contributed by atoms with Gasteiger partial charge in [-0.1, -0.05) is 0 Å². The Morgan fingerprint density at radius 2 is 2.26 bits per heavy atom. The number of H-pyrrole nitrogens is 1. The molecular weight excluding hydrogens is 256 g/mol. The third kappa shape index (κ3) is 2.27. The minimum atomic E-state index is -1.45. The van der Waals surface area contributed by atoms with E-state index in [0.717, 1.165) is 12.3 Å². The summed E-state index contributed by atoms with van der Waals surface area (Å²) in [6.07, 6.45) is 1.26. The molecule has 1 amide bonds. The monoisotopic (exact) mass is 268 g/mol. The van der Waals surface area contributed by atoms with E-state index in [1.54, 1.807) is 0 Å². The number of likely N-dealkylation sites (tertiary alicyclic amines) is 1. The molecule has 0 saturated carbocycles. The van der Waals surface area contributed by atoms with Gasteiger partial charge in [0.25, 0.3) is 11.6 Å². The Balaban J connectivity index is 2.13. The first kappa shape index (κ1) is 13.0. The average molecular weight is 268 g/mol. The fourth-order valence-corrected chi connectivity index (χ4v) is 1.96. The summed E-state index contributed by atoms with van der Waals surface area (Å²) >= 11 is 0. The first-order chi connectivity index (χ1) is 8.83. The second kappa shape index (κ2) is 4.35. The van der Waals surface area contributed by atoms with Gasteiger partial charge in [-0.3, -0.25) is 19.7 Å². The van der Waals surface area contributed by atoms with Crippen LogP contribution in [0.3, 0.4) is 0 Å². The molecule has 2 rings (SSSR count). The number of amides is 1. The summed E-state index contributed by atoms with van der Waals surface area (Å²) in [6.45, 7) is 0.0857. The van der Waals surface area contributed by atoms with Gasteiger partial charge in [-0.25, -0.2) is 0 Å². The van der Waals surface area contributed by atoms with E-state index >= 15 is 0 Å². The fraction of sp³-hybridized carbons (Fsp3) is 0.400. The number of carbonyl (C=O) groups excluding carboxylic acids is 1. The van der Waals surface area contributed by atoms with Gasteiger partial charge < -0.3 is 20.7 Å². The molecule has 9 heteroatoms. The molecule has 2 heterocycles. The predicted octanol–water partition coefficient (Wildman–Crippen LogP) is -0.449. The molecule has 1 atom stereocenters. The maximum Gasteiger partial charge on any atom is 0.325 e. The Bertz CT molecular complexity index is 554. The molecule has 1 aliphatic rings. The zero-order chi connectivity index (χ0) is 14.2. The van der Waals surface area contributed by atoms with Crippen molar-refractivity contribution >= 4 is 17.6 Å². The number of carboxylic acids is 1. The lowest BCUT2D eigenvalue weighted by Gasteiger charge is -2.19. The summed E-state index contributed by atoms with van der Waals surface area (Å²) in [5.74, 6) is -1.66. The molecule has 1 fully saturated rings. The van der Waals surface area contributed by atoms with E-state index < -0.39 is 22.3 Å². The molecule has 0 spiro atoms. The van der Waals surface area contributed by atoms with Crippen molar-refractivity contribution in [1.82, 2.24) is 9.88 Å². The van der Waals surface area contributed by atoms with Crippen LogP contribution >= 0.6 is 0 Å². The molecule has 0 aromatic carbocycles. The van der Waals surface area contributed by atoms with Crippen LogP contribution in [0.4, 0.5) is 5.69 Å². The smallest absolute Gasteiger partial charge is 0.325 e. The maximum atomic E-state index is 12.0. The first-order valence-corrected chi connectivity index (χ1v) is 5.48. The second-order valence-corrected chi connectivity index (χ2v) is 4.47. The highest BCUT2D eigenvalue weighted by molar-refractivity contribution is 5.94. The van der Waals surface area contributed by atoms with Crippen LogP contribution in [-0.2, 0) is 4.79 Å². The van der Waals surface area contributed by atoms with Crippen molar-refractivity contribution in [3.8, 4) is 0 Å². The van der Waals surface area contributed by atoms with Crippen LogP contribution < -0.4 is 5.73 Å². The second-order valence-electron chi connectivity index (χ2n) is 4.47. The lowest BCUT2D eigenvalue weighted by atomic mass is 10.0. The number of nitrogens with zero attached hydrogens (tertiary/aromatic N) is 2. The minimum absolute atomic E-state index is 0.0429. The molecule has 1 aromatic rings. The fourth-order valence-electron chi connectivity index (χ4n) is 1.96. The van der Waals surface area contributed by atoms with Gasteiger partial charge >= 0.3 is 5.97 Å². The summed E-state index contributed by atoms with van der Waals surface area (Å²) in [4.78, 5) is 36.6.